The fraction of sp³-hybridized carbons (Fsp3) is 0.500. The number of pyridine rings is 1. The van der Waals surface area contributed by atoms with Gasteiger partial charge in [0.05, 0.1) is 27.3 Å². The van der Waals surface area contributed by atoms with Crippen LogP contribution in [0.4, 0.5) is 17.6 Å². The molecule has 7 nitrogen and oxygen atoms in total. The van der Waals surface area contributed by atoms with Gasteiger partial charge in [-0.05, 0) is 67.7 Å². The minimum Gasteiger partial charge on any atom is -0.347 e. The van der Waals surface area contributed by atoms with Gasteiger partial charge in [-0.1, -0.05) is 13.0 Å². The third-order valence-electron chi connectivity index (χ3n) is 7.37. The van der Waals surface area contributed by atoms with Crippen LogP contribution < -0.4 is 5.32 Å². The summed E-state index contributed by atoms with van der Waals surface area (Å²) in [5.74, 6) is -2.50. The first-order valence-electron chi connectivity index (χ1n) is 12.5. The summed E-state index contributed by atoms with van der Waals surface area (Å²) in [6, 6.07) is 2.38. The molecule has 0 radical (unpaired) electrons. The molecule has 0 bridgehead atoms. The summed E-state index contributed by atoms with van der Waals surface area (Å²) < 4.78 is 78.5. The molecule has 204 valence electrons. The third-order valence-corrected chi connectivity index (χ3v) is 9.60. The average molecular weight is 554 g/mol. The summed E-state index contributed by atoms with van der Waals surface area (Å²) in [5.41, 5.74) is -1.08. The van der Waals surface area contributed by atoms with E-state index in [2.05, 4.69) is 10.3 Å². The fourth-order valence-corrected chi connectivity index (χ4v) is 6.69. The number of carbonyl (C=O) groups excluding carboxylic acids is 2. The highest BCUT2D eigenvalue weighted by Crippen LogP contribution is 2.42. The lowest BCUT2D eigenvalue weighted by Crippen LogP contribution is -2.47. The SMILES string of the molecule is C[C@@H]1C[C@H](C(=O)N[C@@H](c2ccc(C(F)(F)F)c(F)c2)C2CC2)N(C(=O)c2cncc(S(=O)(=O)C3CC3)c2)C1. The second-order valence-electron chi connectivity index (χ2n) is 10.5. The van der Waals surface area contributed by atoms with Crippen molar-refractivity contribution >= 4 is 21.7 Å². The number of benzene rings is 1. The first-order valence-corrected chi connectivity index (χ1v) is 14.1. The van der Waals surface area contributed by atoms with Gasteiger partial charge in [0.1, 0.15) is 11.9 Å². The number of amides is 2. The van der Waals surface area contributed by atoms with Crippen LogP contribution in [0.3, 0.4) is 0 Å². The Hall–Kier alpha value is -3.02. The molecular weight excluding hydrogens is 526 g/mol. The van der Waals surface area contributed by atoms with Crippen molar-refractivity contribution in [2.75, 3.05) is 6.54 Å². The molecule has 1 N–H and O–H groups in total. The van der Waals surface area contributed by atoms with Crippen molar-refractivity contribution < 1.29 is 35.6 Å². The van der Waals surface area contributed by atoms with E-state index < -0.39 is 56.5 Å². The van der Waals surface area contributed by atoms with Gasteiger partial charge < -0.3 is 10.2 Å². The van der Waals surface area contributed by atoms with E-state index in [4.69, 9.17) is 0 Å². The van der Waals surface area contributed by atoms with Gasteiger partial charge in [-0.2, -0.15) is 13.2 Å². The molecule has 38 heavy (non-hydrogen) atoms. The van der Waals surface area contributed by atoms with E-state index in [1.54, 1.807) is 0 Å². The van der Waals surface area contributed by atoms with Gasteiger partial charge in [0.2, 0.25) is 5.91 Å². The fourth-order valence-electron chi connectivity index (χ4n) is 5.05. The number of carbonyl (C=O) groups is 2. The van der Waals surface area contributed by atoms with Crippen LogP contribution >= 0.6 is 0 Å². The highest BCUT2D eigenvalue weighted by molar-refractivity contribution is 7.92. The van der Waals surface area contributed by atoms with E-state index in [1.165, 1.54) is 29.4 Å². The predicted molar refractivity (Wildman–Crippen MR) is 128 cm³/mol. The molecule has 1 aromatic carbocycles. The molecule has 12 heteroatoms. The normalized spacial score (nSPS) is 22.8. The second-order valence-corrected chi connectivity index (χ2v) is 12.8. The van der Waals surface area contributed by atoms with Gasteiger partial charge in [0.25, 0.3) is 5.91 Å². The quantitative estimate of drug-likeness (QED) is 0.516. The number of rotatable bonds is 7. The number of sulfone groups is 1. The Labute approximate surface area is 217 Å². The molecule has 2 heterocycles. The average Bonchev–Trinajstić information content (AvgIpc) is 3.78. The molecule has 3 fully saturated rings. The summed E-state index contributed by atoms with van der Waals surface area (Å²) in [6.45, 7) is 2.14. The Balaban J connectivity index is 1.36. The molecule has 2 aromatic rings. The van der Waals surface area contributed by atoms with Gasteiger partial charge >= 0.3 is 6.18 Å². The van der Waals surface area contributed by atoms with Gasteiger partial charge in [0.15, 0.2) is 9.84 Å². The minimum atomic E-state index is -4.83. The van der Waals surface area contributed by atoms with Crippen LogP contribution in [0.25, 0.3) is 0 Å². The van der Waals surface area contributed by atoms with E-state index >= 15 is 0 Å². The molecule has 2 saturated carbocycles. The van der Waals surface area contributed by atoms with E-state index in [9.17, 15) is 35.6 Å². The molecule has 0 unspecified atom stereocenters. The molecule has 3 aliphatic rings. The summed E-state index contributed by atoms with van der Waals surface area (Å²) in [4.78, 5) is 32.1. The van der Waals surface area contributed by atoms with Gasteiger partial charge in [-0.25, -0.2) is 12.8 Å². The lowest BCUT2D eigenvalue weighted by atomic mass is 9.99. The first-order chi connectivity index (χ1) is 17.9. The third kappa shape index (κ3) is 5.27. The standard InChI is InChI=1S/C26H27F4N3O4S/c1-14-8-22(33(13-14)25(35)17-9-19(12-31-11-17)38(36,37)18-5-6-18)24(34)32-23(15-2-3-15)16-4-7-20(21(27)10-16)26(28,29)30/h4,7,9-12,14-15,18,22-23H,2-3,5-6,8,13H2,1H3,(H,32,34)/t14-,22-,23-/m1/s1. The van der Waals surface area contributed by atoms with Crippen molar-refractivity contribution in [3.63, 3.8) is 0 Å². The monoisotopic (exact) mass is 553 g/mol. The van der Waals surface area contributed by atoms with Crippen LogP contribution in [0.2, 0.25) is 0 Å². The van der Waals surface area contributed by atoms with Crippen LogP contribution in [0, 0.1) is 17.7 Å². The maximum absolute atomic E-state index is 14.3. The lowest BCUT2D eigenvalue weighted by molar-refractivity contribution is -0.140. The highest BCUT2D eigenvalue weighted by Gasteiger charge is 2.43. The Kier molecular flexibility index (Phi) is 6.73. The molecule has 1 aromatic heterocycles. The number of likely N-dealkylation sites (tertiary alicyclic amines) is 1. The Morgan fingerprint density at radius 1 is 1.11 bits per heavy atom. The number of halogens is 4. The number of nitrogens with zero attached hydrogens (tertiary/aromatic N) is 2. The number of aromatic nitrogens is 1. The zero-order valence-corrected chi connectivity index (χ0v) is 21.4. The van der Waals surface area contributed by atoms with Crippen molar-refractivity contribution in [1.29, 1.82) is 0 Å². The molecule has 2 aliphatic carbocycles. The maximum Gasteiger partial charge on any atom is 0.419 e. The van der Waals surface area contributed by atoms with Crippen molar-refractivity contribution in [2.24, 2.45) is 11.8 Å². The lowest BCUT2D eigenvalue weighted by Gasteiger charge is -2.27. The first kappa shape index (κ1) is 26.6. The molecule has 0 spiro atoms. The number of hydrogen-bond acceptors (Lipinski definition) is 5. The largest absolute Gasteiger partial charge is 0.419 e. The van der Waals surface area contributed by atoms with Gasteiger partial charge in [-0.15, -0.1) is 0 Å². The summed E-state index contributed by atoms with van der Waals surface area (Å²) >= 11 is 0. The van der Waals surface area contributed by atoms with E-state index in [0.29, 0.717) is 25.3 Å². The van der Waals surface area contributed by atoms with Crippen LogP contribution in [0.1, 0.15) is 66.6 Å². The zero-order chi connectivity index (χ0) is 27.4. The molecule has 5 rings (SSSR count). The number of hydrogen-bond donors (Lipinski definition) is 1. The van der Waals surface area contributed by atoms with E-state index in [0.717, 1.165) is 18.9 Å². The van der Waals surface area contributed by atoms with Crippen molar-refractivity contribution in [2.45, 2.75) is 67.4 Å². The Morgan fingerprint density at radius 3 is 2.42 bits per heavy atom. The van der Waals surface area contributed by atoms with Gasteiger partial charge in [-0.3, -0.25) is 14.6 Å². The second kappa shape index (κ2) is 9.62. The Morgan fingerprint density at radius 2 is 1.82 bits per heavy atom. The molecule has 2 amide bonds. The molecule has 1 aliphatic heterocycles. The van der Waals surface area contributed by atoms with Crippen molar-refractivity contribution in [3.8, 4) is 0 Å². The summed E-state index contributed by atoms with van der Waals surface area (Å²) in [5, 5.41) is 2.38. The van der Waals surface area contributed by atoms with Crippen molar-refractivity contribution in [3.05, 3.63) is 59.2 Å². The van der Waals surface area contributed by atoms with Gasteiger partial charge in [0, 0.05) is 18.9 Å². The van der Waals surface area contributed by atoms with E-state index in [1.807, 2.05) is 6.92 Å². The zero-order valence-electron chi connectivity index (χ0n) is 20.5. The highest BCUT2D eigenvalue weighted by atomic mass is 32.2. The van der Waals surface area contributed by atoms with Crippen LogP contribution in [-0.2, 0) is 20.8 Å². The number of nitrogens with one attached hydrogen (secondary N) is 1. The van der Waals surface area contributed by atoms with Crippen LogP contribution in [-0.4, -0.2) is 48.0 Å². The maximum atomic E-state index is 14.3. The molecular formula is C26H27F4N3O4S. The number of alkyl halides is 3. The smallest absolute Gasteiger partial charge is 0.347 e. The van der Waals surface area contributed by atoms with Crippen LogP contribution in [0.5, 0.6) is 0 Å². The molecule has 1 saturated heterocycles. The minimum absolute atomic E-state index is 0.0241. The van der Waals surface area contributed by atoms with E-state index in [-0.39, 0.29) is 34.4 Å². The molecule has 3 atom stereocenters. The Bertz CT molecular complexity index is 1370. The predicted octanol–water partition coefficient (Wildman–Crippen LogP) is 4.29. The van der Waals surface area contributed by atoms with Crippen LogP contribution in [0.15, 0.2) is 41.6 Å². The topological polar surface area (TPSA) is 96.4 Å². The van der Waals surface area contributed by atoms with Crippen molar-refractivity contribution in [1.82, 2.24) is 15.2 Å². The summed E-state index contributed by atoms with van der Waals surface area (Å²) in [7, 11) is -3.56. The summed E-state index contributed by atoms with van der Waals surface area (Å²) in [6.07, 6.45) is 0.593.